The molecule has 0 radical (unpaired) electrons. The minimum Gasteiger partial charge on any atom is -0.497 e. The molecule has 0 aromatic heterocycles. The Labute approximate surface area is 188 Å². The van der Waals surface area contributed by atoms with Gasteiger partial charge >= 0.3 is 6.09 Å². The van der Waals surface area contributed by atoms with Crippen LogP contribution in [-0.4, -0.2) is 49.3 Å². The molecule has 1 heterocycles. The lowest BCUT2D eigenvalue weighted by Crippen LogP contribution is -2.45. The number of anilines is 1. The maximum atomic E-state index is 12.9. The monoisotopic (exact) mass is 442 g/mol. The van der Waals surface area contributed by atoms with Gasteiger partial charge in [-0.3, -0.25) is 9.69 Å². The zero-order valence-corrected chi connectivity index (χ0v) is 19.1. The maximum Gasteiger partial charge on any atom is 0.410 e. The highest BCUT2D eigenvalue weighted by Crippen LogP contribution is 2.35. The van der Waals surface area contributed by atoms with Gasteiger partial charge in [-0.25, -0.2) is 4.79 Å². The molecule has 2 amide bonds. The van der Waals surface area contributed by atoms with Crippen LogP contribution in [0.25, 0.3) is 0 Å². The third-order valence-electron chi connectivity index (χ3n) is 4.90. The third-order valence-corrected chi connectivity index (χ3v) is 4.90. The molecule has 0 unspecified atom stereocenters. The molecule has 1 atom stereocenters. The largest absolute Gasteiger partial charge is 0.497 e. The maximum absolute atomic E-state index is 12.9. The van der Waals surface area contributed by atoms with E-state index >= 15 is 0 Å². The van der Waals surface area contributed by atoms with Crippen LogP contribution in [0.2, 0.25) is 0 Å². The van der Waals surface area contributed by atoms with Crippen molar-refractivity contribution in [2.24, 2.45) is 0 Å². The Morgan fingerprint density at radius 1 is 0.969 bits per heavy atom. The van der Waals surface area contributed by atoms with Crippen LogP contribution >= 0.6 is 0 Å². The summed E-state index contributed by atoms with van der Waals surface area (Å²) in [4.78, 5) is 26.9. The number of hydrogen-bond acceptors (Lipinski definition) is 6. The Kier molecular flexibility index (Phi) is 7.12. The highest BCUT2D eigenvalue weighted by atomic mass is 16.6. The second-order valence-corrected chi connectivity index (χ2v) is 8.46. The second kappa shape index (κ2) is 9.80. The molecule has 1 aliphatic rings. The first-order valence-corrected chi connectivity index (χ1v) is 10.5. The predicted octanol–water partition coefficient (Wildman–Crippen LogP) is 4.83. The lowest BCUT2D eigenvalue weighted by Gasteiger charge is -2.28. The molecular weight excluding hydrogens is 412 g/mol. The zero-order chi connectivity index (χ0) is 23.3. The number of likely N-dealkylation sites (tertiary alicyclic amines) is 1. The van der Waals surface area contributed by atoms with E-state index in [9.17, 15) is 9.59 Å². The number of amides is 2. The first-order chi connectivity index (χ1) is 15.2. The summed E-state index contributed by atoms with van der Waals surface area (Å²) in [5.74, 6) is 2.02. The number of nitrogens with zero attached hydrogens (tertiary/aromatic N) is 1. The zero-order valence-electron chi connectivity index (χ0n) is 19.1. The van der Waals surface area contributed by atoms with E-state index in [0.29, 0.717) is 35.9 Å². The van der Waals surface area contributed by atoms with Crippen molar-refractivity contribution in [3.05, 3.63) is 42.5 Å². The Hall–Kier alpha value is -3.42. The molecule has 0 bridgehead atoms. The Balaban J connectivity index is 1.73. The smallest absolute Gasteiger partial charge is 0.410 e. The summed E-state index contributed by atoms with van der Waals surface area (Å²) in [5, 5.41) is 2.88. The van der Waals surface area contributed by atoms with Crippen LogP contribution in [0.4, 0.5) is 10.5 Å². The molecule has 1 aliphatic heterocycles. The van der Waals surface area contributed by atoms with E-state index in [-0.39, 0.29) is 5.91 Å². The molecule has 0 aliphatic carbocycles. The van der Waals surface area contributed by atoms with Gasteiger partial charge in [0.2, 0.25) is 5.91 Å². The van der Waals surface area contributed by atoms with Gasteiger partial charge in [0.15, 0.2) is 11.5 Å². The lowest BCUT2D eigenvalue weighted by molar-refractivity contribution is -0.120. The van der Waals surface area contributed by atoms with Crippen LogP contribution in [0, 0.1) is 0 Å². The molecule has 172 valence electrons. The van der Waals surface area contributed by atoms with E-state index in [1.807, 2.05) is 0 Å². The fraction of sp³-hybridized carbons (Fsp3) is 0.417. The van der Waals surface area contributed by atoms with Crippen molar-refractivity contribution in [1.29, 1.82) is 0 Å². The molecule has 8 nitrogen and oxygen atoms in total. The van der Waals surface area contributed by atoms with Gasteiger partial charge in [-0.2, -0.15) is 0 Å². The fourth-order valence-electron chi connectivity index (χ4n) is 3.41. The standard InChI is InChI=1S/C24H30N2O6/c1-24(2,3)32-23(28)26-14-6-7-19(26)22(27)25-16-8-13-20(30-5)21(15-16)31-18-11-9-17(29-4)10-12-18/h8-13,15,19H,6-7,14H2,1-5H3,(H,25,27)/t19-/m1/s1. The van der Waals surface area contributed by atoms with Crippen molar-refractivity contribution in [1.82, 2.24) is 4.90 Å². The van der Waals surface area contributed by atoms with E-state index in [4.69, 9.17) is 18.9 Å². The first kappa shape index (κ1) is 23.2. The number of nitrogens with one attached hydrogen (secondary N) is 1. The number of ether oxygens (including phenoxy) is 4. The Morgan fingerprint density at radius 2 is 1.66 bits per heavy atom. The topological polar surface area (TPSA) is 86.3 Å². The molecule has 1 fully saturated rings. The lowest BCUT2D eigenvalue weighted by atomic mass is 10.2. The predicted molar refractivity (Wildman–Crippen MR) is 121 cm³/mol. The summed E-state index contributed by atoms with van der Waals surface area (Å²) in [6, 6.07) is 11.7. The van der Waals surface area contributed by atoms with Gasteiger partial charge < -0.3 is 24.3 Å². The molecule has 3 rings (SSSR count). The molecule has 1 N–H and O–H groups in total. The van der Waals surface area contributed by atoms with Crippen LogP contribution < -0.4 is 19.5 Å². The number of methoxy groups -OCH3 is 2. The molecular formula is C24H30N2O6. The molecule has 1 saturated heterocycles. The minimum atomic E-state index is -0.621. The van der Waals surface area contributed by atoms with Crippen LogP contribution in [0.5, 0.6) is 23.0 Å². The molecule has 0 spiro atoms. The van der Waals surface area contributed by atoms with Gasteiger partial charge in [-0.15, -0.1) is 0 Å². The molecule has 8 heteroatoms. The van der Waals surface area contributed by atoms with Crippen molar-refractivity contribution in [2.45, 2.75) is 45.3 Å². The van der Waals surface area contributed by atoms with E-state index in [1.165, 1.54) is 4.90 Å². The third kappa shape index (κ3) is 5.84. The fourth-order valence-corrected chi connectivity index (χ4v) is 3.41. The van der Waals surface area contributed by atoms with Gasteiger partial charge in [0.05, 0.1) is 14.2 Å². The van der Waals surface area contributed by atoms with Crippen LogP contribution in [0.1, 0.15) is 33.6 Å². The summed E-state index contributed by atoms with van der Waals surface area (Å²) >= 11 is 0. The molecule has 0 saturated carbocycles. The number of rotatable bonds is 6. The van der Waals surface area contributed by atoms with E-state index in [2.05, 4.69) is 5.32 Å². The van der Waals surface area contributed by atoms with Gasteiger partial charge in [0, 0.05) is 18.3 Å². The van der Waals surface area contributed by atoms with Crippen molar-refractivity contribution in [2.75, 3.05) is 26.1 Å². The summed E-state index contributed by atoms with van der Waals surface area (Å²) in [6.45, 7) is 5.90. The average molecular weight is 443 g/mol. The van der Waals surface area contributed by atoms with Gasteiger partial charge in [-0.1, -0.05) is 0 Å². The summed E-state index contributed by atoms with van der Waals surface area (Å²) in [5.41, 5.74) is -0.0833. The van der Waals surface area contributed by atoms with Crippen LogP contribution in [0.3, 0.4) is 0 Å². The van der Waals surface area contributed by atoms with Crippen molar-refractivity contribution in [3.8, 4) is 23.0 Å². The van der Waals surface area contributed by atoms with Gasteiger partial charge in [0.25, 0.3) is 0 Å². The normalized spacial score (nSPS) is 15.8. The Bertz CT molecular complexity index is 952. The second-order valence-electron chi connectivity index (χ2n) is 8.46. The highest BCUT2D eigenvalue weighted by molar-refractivity contribution is 5.97. The number of benzene rings is 2. The minimum absolute atomic E-state index is 0.270. The summed E-state index contributed by atoms with van der Waals surface area (Å²) < 4.78 is 21.9. The van der Waals surface area contributed by atoms with E-state index in [1.54, 1.807) is 77.5 Å². The summed E-state index contributed by atoms with van der Waals surface area (Å²) in [7, 11) is 3.14. The first-order valence-electron chi connectivity index (χ1n) is 10.5. The average Bonchev–Trinajstić information content (AvgIpc) is 3.24. The molecule has 2 aromatic rings. The van der Waals surface area contributed by atoms with Crippen molar-refractivity contribution >= 4 is 17.7 Å². The van der Waals surface area contributed by atoms with Crippen LogP contribution in [-0.2, 0) is 9.53 Å². The van der Waals surface area contributed by atoms with Crippen molar-refractivity contribution in [3.63, 3.8) is 0 Å². The number of carbonyl (C=O) groups excluding carboxylic acids is 2. The van der Waals surface area contributed by atoms with Gasteiger partial charge in [-0.05, 0) is 70.0 Å². The highest BCUT2D eigenvalue weighted by Gasteiger charge is 2.36. The quantitative estimate of drug-likeness (QED) is 0.689. The van der Waals surface area contributed by atoms with Crippen molar-refractivity contribution < 1.29 is 28.5 Å². The van der Waals surface area contributed by atoms with Crippen LogP contribution in [0.15, 0.2) is 42.5 Å². The van der Waals surface area contributed by atoms with E-state index < -0.39 is 17.7 Å². The molecule has 2 aromatic carbocycles. The molecule has 32 heavy (non-hydrogen) atoms. The SMILES string of the molecule is COc1ccc(Oc2cc(NC(=O)[C@H]3CCCN3C(=O)OC(C)(C)C)ccc2OC)cc1. The van der Waals surface area contributed by atoms with Gasteiger partial charge in [0.1, 0.15) is 23.1 Å². The van der Waals surface area contributed by atoms with E-state index in [0.717, 1.165) is 12.2 Å². The summed E-state index contributed by atoms with van der Waals surface area (Å²) in [6.07, 6.45) is 0.843. The number of carbonyl (C=O) groups is 2. The Morgan fingerprint density at radius 3 is 2.28 bits per heavy atom. The number of hydrogen-bond donors (Lipinski definition) is 1.